The summed E-state index contributed by atoms with van der Waals surface area (Å²) < 4.78 is 29.6. The number of carbonyl (C=O) groups is 4. The number of unbranched alkanes of at least 4 members (excludes halogenated alkanes) is 4. The van der Waals surface area contributed by atoms with Crippen molar-refractivity contribution >= 4 is 46.4 Å². The Hall–Kier alpha value is -4.08. The van der Waals surface area contributed by atoms with Gasteiger partial charge in [-0.25, -0.2) is 9.78 Å². The number of rotatable bonds is 21. The highest BCUT2D eigenvalue weighted by Gasteiger charge is 2.48. The molecule has 0 radical (unpaired) electrons. The summed E-state index contributed by atoms with van der Waals surface area (Å²) in [6.07, 6.45) is 8.07. The number of carboxylic acids is 1. The molecule has 1 aromatic heterocycles. The number of amides is 3. The van der Waals surface area contributed by atoms with Crippen molar-refractivity contribution in [3.05, 3.63) is 23.2 Å². The van der Waals surface area contributed by atoms with Crippen molar-refractivity contribution < 1.29 is 48.0 Å². The van der Waals surface area contributed by atoms with E-state index in [0.29, 0.717) is 84.4 Å². The lowest BCUT2D eigenvalue weighted by Crippen LogP contribution is -2.53. The topological polar surface area (TPSA) is 192 Å². The van der Waals surface area contributed by atoms with E-state index in [1.54, 1.807) is 12.1 Å². The first-order chi connectivity index (χ1) is 28.1. The summed E-state index contributed by atoms with van der Waals surface area (Å²) >= 11 is 6.89. The van der Waals surface area contributed by atoms with E-state index in [-0.39, 0.29) is 30.9 Å². The lowest BCUT2D eigenvalue weighted by atomic mass is 10.0. The predicted octanol–water partition coefficient (Wildman–Crippen LogP) is 5.18. The highest BCUT2D eigenvalue weighted by atomic mass is 35.5. The van der Waals surface area contributed by atoms with E-state index in [9.17, 15) is 19.2 Å². The molecule has 2 aromatic rings. The number of primary amides is 1. The van der Waals surface area contributed by atoms with Gasteiger partial charge >= 0.3 is 12.1 Å². The molecule has 5 aliphatic rings. The number of hydrogen-bond donors (Lipinski definition) is 3. The molecular weight excluding hydrogens is 770 g/mol. The number of alkyl carbamates (subject to hydrolysis) is 1. The Morgan fingerprint density at radius 2 is 1.74 bits per heavy atom. The molecule has 15 nitrogen and oxygen atoms in total. The number of aliphatic carboxylic acids is 1. The van der Waals surface area contributed by atoms with Crippen LogP contribution in [0.2, 0.25) is 5.02 Å². The first kappa shape index (κ1) is 42.1. The highest BCUT2D eigenvalue weighted by molar-refractivity contribution is 6.36. The van der Waals surface area contributed by atoms with E-state index in [4.69, 9.17) is 46.1 Å². The number of ether oxygens (including phenoxy) is 5. The molecule has 1 unspecified atom stereocenters. The van der Waals surface area contributed by atoms with Gasteiger partial charge in [-0.1, -0.05) is 43.7 Å². The van der Waals surface area contributed by atoms with Gasteiger partial charge < -0.3 is 44.7 Å². The number of fused-ring (bicyclic) bond motifs is 2. The number of benzene rings is 1. The molecule has 3 aliphatic carbocycles. The summed E-state index contributed by atoms with van der Waals surface area (Å²) in [5.74, 6) is 0.782. The Morgan fingerprint density at radius 1 is 0.983 bits per heavy atom. The molecular formula is C42H58ClN5O10. The van der Waals surface area contributed by atoms with Gasteiger partial charge in [-0.15, -0.1) is 0 Å². The molecule has 1 aromatic carbocycles. The zero-order valence-electron chi connectivity index (χ0n) is 33.4. The third-order valence-electron chi connectivity index (χ3n) is 12.4. The predicted molar refractivity (Wildman–Crippen MR) is 214 cm³/mol. The van der Waals surface area contributed by atoms with E-state index in [1.165, 1.54) is 11.3 Å². The van der Waals surface area contributed by atoms with Crippen LogP contribution in [0, 0.1) is 23.7 Å². The van der Waals surface area contributed by atoms with Crippen LogP contribution in [0.1, 0.15) is 84.0 Å². The van der Waals surface area contributed by atoms with Gasteiger partial charge in [0.25, 0.3) is 0 Å². The molecule has 5 fully saturated rings. The molecule has 2 saturated heterocycles. The molecule has 318 valence electrons. The minimum absolute atomic E-state index is 0.0639. The Balaban J connectivity index is 1.00. The van der Waals surface area contributed by atoms with Gasteiger partial charge in [0, 0.05) is 37.5 Å². The number of pyridine rings is 1. The van der Waals surface area contributed by atoms with Crippen LogP contribution in [0.25, 0.3) is 10.9 Å². The monoisotopic (exact) mass is 827 g/mol. The van der Waals surface area contributed by atoms with Crippen molar-refractivity contribution in [2.24, 2.45) is 29.4 Å². The number of carbonyl (C=O) groups excluding carboxylic acids is 3. The number of nitrogens with one attached hydrogen (secondary N) is 1. The summed E-state index contributed by atoms with van der Waals surface area (Å²) in [4.78, 5) is 59.9. The highest BCUT2D eigenvalue weighted by Crippen LogP contribution is 2.52. The number of halogens is 1. The van der Waals surface area contributed by atoms with Crippen LogP contribution in [0.15, 0.2) is 18.2 Å². The number of nitrogens with two attached hydrogens (primary N) is 1. The van der Waals surface area contributed by atoms with Gasteiger partial charge in [0.15, 0.2) is 0 Å². The van der Waals surface area contributed by atoms with E-state index < -0.39 is 42.1 Å². The number of morpholine rings is 1. The molecule has 3 amide bonds. The van der Waals surface area contributed by atoms with Crippen LogP contribution in [0.3, 0.4) is 0 Å². The van der Waals surface area contributed by atoms with Gasteiger partial charge in [-0.3, -0.25) is 19.3 Å². The maximum atomic E-state index is 14.3. The summed E-state index contributed by atoms with van der Waals surface area (Å²) in [5.41, 5.74) is 6.34. The number of aromatic nitrogens is 1. The molecule has 8 atom stereocenters. The zero-order valence-corrected chi connectivity index (χ0v) is 34.2. The van der Waals surface area contributed by atoms with Crippen molar-refractivity contribution in [3.63, 3.8) is 0 Å². The first-order valence-electron chi connectivity index (χ1n) is 21.2. The van der Waals surface area contributed by atoms with Crippen LogP contribution < -0.4 is 25.3 Å². The third-order valence-corrected chi connectivity index (χ3v) is 12.8. The lowest BCUT2D eigenvalue weighted by Gasteiger charge is -2.28. The van der Waals surface area contributed by atoms with Crippen molar-refractivity contribution in [1.82, 2.24) is 20.1 Å². The fourth-order valence-electron chi connectivity index (χ4n) is 9.00. The Kier molecular flexibility index (Phi) is 14.0. The van der Waals surface area contributed by atoms with Crippen LogP contribution in [0.5, 0.6) is 17.4 Å². The second kappa shape index (κ2) is 19.3. The summed E-state index contributed by atoms with van der Waals surface area (Å²) in [7, 11) is 0. The average molecular weight is 828 g/mol. The third kappa shape index (κ3) is 10.7. The fraction of sp³-hybridized carbons (Fsp3) is 0.690. The van der Waals surface area contributed by atoms with Gasteiger partial charge in [0.05, 0.1) is 32.3 Å². The van der Waals surface area contributed by atoms with Crippen LogP contribution in [0.4, 0.5) is 4.79 Å². The van der Waals surface area contributed by atoms with Crippen LogP contribution in [-0.4, -0.2) is 121 Å². The molecule has 4 N–H and O–H groups in total. The number of carboxylic acid groups (broad SMARTS) is 1. The van der Waals surface area contributed by atoms with Gasteiger partial charge in [0.2, 0.25) is 17.7 Å². The fourth-order valence-corrected chi connectivity index (χ4v) is 9.26. The summed E-state index contributed by atoms with van der Waals surface area (Å²) in [6, 6.07) is 3.41. The zero-order chi connectivity index (χ0) is 40.8. The van der Waals surface area contributed by atoms with E-state index >= 15 is 0 Å². The largest absolute Gasteiger partial charge is 0.491 e. The van der Waals surface area contributed by atoms with E-state index in [2.05, 4.69) is 15.2 Å². The Labute approximate surface area is 344 Å². The first-order valence-corrected chi connectivity index (χ1v) is 21.6. The number of hydrogen-bond acceptors (Lipinski definition) is 11. The van der Waals surface area contributed by atoms with Gasteiger partial charge in [0.1, 0.15) is 52.9 Å². The van der Waals surface area contributed by atoms with Crippen LogP contribution >= 0.6 is 11.6 Å². The summed E-state index contributed by atoms with van der Waals surface area (Å²) in [6.45, 7) is 6.53. The van der Waals surface area contributed by atoms with Crippen molar-refractivity contribution in [1.29, 1.82) is 0 Å². The van der Waals surface area contributed by atoms with Gasteiger partial charge in [-0.2, -0.15) is 0 Å². The van der Waals surface area contributed by atoms with Crippen molar-refractivity contribution in [2.45, 2.75) is 108 Å². The Morgan fingerprint density at radius 3 is 2.47 bits per heavy atom. The minimum atomic E-state index is -0.952. The maximum absolute atomic E-state index is 14.3. The molecule has 0 bridgehead atoms. The Bertz CT molecular complexity index is 1780. The SMILES string of the molecule is CCOc1cc(OC2C[C@@H](C(N)=O)N(C(=O)[C@H](CCCCCCC[C@@H]3C[C@@H]3C(=O)O)NC(=O)O[C@@H]3C[C@@H]4C[C@@H]4C3)C2)c2ccc(OCCN3CCOCC3)c(Cl)c2n1. The second-order valence-electron chi connectivity index (χ2n) is 16.6. The molecule has 2 aliphatic heterocycles. The summed E-state index contributed by atoms with van der Waals surface area (Å²) in [5, 5.41) is 12.9. The minimum Gasteiger partial charge on any atom is -0.491 e. The molecule has 3 saturated carbocycles. The number of nitrogens with zero attached hydrogens (tertiary/aromatic N) is 3. The number of likely N-dealkylation sites (tertiary alicyclic amines) is 1. The molecule has 58 heavy (non-hydrogen) atoms. The molecule has 7 rings (SSSR count). The maximum Gasteiger partial charge on any atom is 0.408 e. The second-order valence-corrected chi connectivity index (χ2v) is 17.0. The van der Waals surface area contributed by atoms with E-state index in [0.717, 1.165) is 71.0 Å². The molecule has 0 spiro atoms. The molecule has 16 heteroatoms. The van der Waals surface area contributed by atoms with Gasteiger partial charge in [-0.05, 0) is 75.3 Å². The van der Waals surface area contributed by atoms with Crippen LogP contribution in [-0.2, 0) is 23.9 Å². The quantitative estimate of drug-likeness (QED) is 0.140. The normalized spacial score (nSPS) is 26.8. The standard InChI is InChI=1S/C42H58ClN5O10/c1-2-55-36-23-35(30-10-11-34(37(43)38(30)46-36)56-17-14-47-12-15-54-16-13-47)57-29-22-33(39(44)49)48(24-29)40(50)32(45-42(53)58-28-19-26-18-27(26)20-28)9-7-5-3-4-6-8-25-21-31(25)41(51)52/h10-11,23,25-29,31-33H,2-9,12-22,24H2,1H3,(H2,44,49)(H,45,53)(H,51,52)/t25-,26-,27+,28+,29?,31+,32+,33+/m1/s1. The average Bonchev–Trinajstić information content (AvgIpc) is 4.06. The van der Waals surface area contributed by atoms with Crippen molar-refractivity contribution in [2.75, 3.05) is 52.6 Å². The lowest BCUT2D eigenvalue weighted by molar-refractivity contribution is -0.139. The molecule has 3 heterocycles. The van der Waals surface area contributed by atoms with Crippen molar-refractivity contribution in [3.8, 4) is 17.4 Å². The van der Waals surface area contributed by atoms with E-state index in [1.807, 2.05) is 13.0 Å². The smallest absolute Gasteiger partial charge is 0.408 e.